The van der Waals surface area contributed by atoms with Crippen LogP contribution in [0.25, 0.3) is 0 Å². The number of nitrogens with zero attached hydrogens (tertiary/aromatic N) is 2. The molecule has 0 aromatic heterocycles. The van der Waals surface area contributed by atoms with Crippen LogP contribution in [0.5, 0.6) is 0 Å². The number of rotatable bonds is 5. The van der Waals surface area contributed by atoms with Gasteiger partial charge in [0.05, 0.1) is 10.9 Å². The van der Waals surface area contributed by atoms with Crippen LogP contribution in [0.15, 0.2) is 51.8 Å². The normalized spacial score (nSPS) is 18.1. The van der Waals surface area contributed by atoms with Crippen LogP contribution in [0.3, 0.4) is 0 Å². The molecule has 0 bridgehead atoms. The average molecular weight is 534 g/mol. The number of carbonyl (C=O) groups is 2. The Morgan fingerprint density at radius 3 is 2.39 bits per heavy atom. The van der Waals surface area contributed by atoms with Crippen molar-refractivity contribution in [1.29, 1.82) is 0 Å². The van der Waals surface area contributed by atoms with Gasteiger partial charge in [-0.25, -0.2) is 8.42 Å². The molecule has 4 rings (SSSR count). The molecule has 2 amide bonds. The van der Waals surface area contributed by atoms with Gasteiger partial charge in [-0.3, -0.25) is 9.59 Å². The van der Waals surface area contributed by atoms with E-state index in [4.69, 9.17) is 0 Å². The van der Waals surface area contributed by atoms with Crippen LogP contribution in [0.2, 0.25) is 0 Å². The van der Waals surface area contributed by atoms with Crippen molar-refractivity contribution in [2.75, 3.05) is 24.5 Å². The Kier molecular flexibility index (Phi) is 6.93. The summed E-state index contributed by atoms with van der Waals surface area (Å²) in [6.45, 7) is 4.55. The number of anilines is 1. The highest BCUT2D eigenvalue weighted by atomic mass is 79.9. The number of nitrogens with one attached hydrogen (secondary N) is 1. The molecule has 2 aliphatic rings. The van der Waals surface area contributed by atoms with Gasteiger partial charge in [-0.15, -0.1) is 0 Å². The Hall–Kier alpha value is -2.23. The summed E-state index contributed by atoms with van der Waals surface area (Å²) in [5.41, 5.74) is 2.65. The summed E-state index contributed by atoms with van der Waals surface area (Å²) in [6, 6.07) is 13.1. The fourth-order valence-corrected chi connectivity index (χ4v) is 7.11. The fourth-order valence-electron chi connectivity index (χ4n) is 4.57. The molecule has 33 heavy (non-hydrogen) atoms. The van der Waals surface area contributed by atoms with Crippen molar-refractivity contribution in [2.24, 2.45) is 5.92 Å². The lowest BCUT2D eigenvalue weighted by molar-refractivity contribution is -0.126. The molecule has 1 saturated heterocycles. The topological polar surface area (TPSA) is 86.8 Å². The van der Waals surface area contributed by atoms with Crippen LogP contribution in [-0.4, -0.2) is 44.2 Å². The Labute approximate surface area is 203 Å². The number of sulfonamides is 1. The minimum absolute atomic E-state index is 0.0424. The first-order chi connectivity index (χ1) is 15.7. The van der Waals surface area contributed by atoms with E-state index in [2.05, 4.69) is 21.2 Å². The summed E-state index contributed by atoms with van der Waals surface area (Å²) >= 11 is 3.42. The van der Waals surface area contributed by atoms with E-state index in [1.165, 1.54) is 11.2 Å². The number of hydrogen-bond acceptors (Lipinski definition) is 4. The molecule has 1 fully saturated rings. The van der Waals surface area contributed by atoms with Gasteiger partial charge in [0.15, 0.2) is 0 Å². The third kappa shape index (κ3) is 4.85. The minimum atomic E-state index is -3.76. The highest BCUT2D eigenvalue weighted by Gasteiger charge is 2.35. The van der Waals surface area contributed by atoms with Gasteiger partial charge in [0.2, 0.25) is 21.8 Å². The zero-order chi connectivity index (χ0) is 23.8. The van der Waals surface area contributed by atoms with Crippen LogP contribution in [0, 0.1) is 5.92 Å². The molecule has 7 nitrogen and oxygen atoms in total. The third-order valence-corrected chi connectivity index (χ3v) is 9.37. The van der Waals surface area contributed by atoms with E-state index < -0.39 is 10.0 Å². The zero-order valence-electron chi connectivity index (χ0n) is 18.8. The molecule has 0 aliphatic carbocycles. The summed E-state index contributed by atoms with van der Waals surface area (Å²) in [4.78, 5) is 26.5. The van der Waals surface area contributed by atoms with Gasteiger partial charge in [0, 0.05) is 42.6 Å². The van der Waals surface area contributed by atoms with Crippen LogP contribution in [-0.2, 0) is 26.0 Å². The molecule has 0 unspecified atom stereocenters. The van der Waals surface area contributed by atoms with Gasteiger partial charge < -0.3 is 10.2 Å². The maximum atomic E-state index is 13.4. The molecule has 9 heteroatoms. The summed E-state index contributed by atoms with van der Waals surface area (Å²) in [7, 11) is -3.76. The van der Waals surface area contributed by atoms with E-state index in [-0.39, 0.29) is 41.8 Å². The number of piperidine rings is 1. The number of fused-ring (bicyclic) bond motifs is 1. The van der Waals surface area contributed by atoms with Crippen molar-refractivity contribution in [3.05, 3.63) is 58.1 Å². The van der Waals surface area contributed by atoms with Crippen LogP contribution in [0.4, 0.5) is 5.69 Å². The van der Waals surface area contributed by atoms with E-state index in [9.17, 15) is 18.0 Å². The smallest absolute Gasteiger partial charge is 0.244 e. The Bertz CT molecular complexity index is 1160. The van der Waals surface area contributed by atoms with Gasteiger partial charge >= 0.3 is 0 Å². The lowest BCUT2D eigenvalue weighted by Gasteiger charge is -2.31. The van der Waals surface area contributed by atoms with E-state index >= 15 is 0 Å². The molecule has 1 atom stereocenters. The first kappa shape index (κ1) is 23.9. The Morgan fingerprint density at radius 1 is 1.09 bits per heavy atom. The molecule has 2 aromatic carbocycles. The summed E-state index contributed by atoms with van der Waals surface area (Å²) < 4.78 is 28.8. The summed E-state index contributed by atoms with van der Waals surface area (Å²) in [5, 5.41) is 3.05. The molecule has 2 aliphatic heterocycles. The number of hydrogen-bond donors (Lipinski definition) is 1. The second-order valence-corrected chi connectivity index (χ2v) is 11.4. The van der Waals surface area contributed by atoms with Gasteiger partial charge in [-0.1, -0.05) is 30.3 Å². The standard InChI is InChI=1S/C24H28BrN3O4S/c1-16(18-6-4-3-5-7-18)26-24(30)19-8-11-27(12-9-19)33(31,32)23-15-22-20(14-21(23)25)10-13-28(22)17(2)29/h3-7,14-16,19H,8-13H2,1-2H3,(H,26,30)/t16-/m0/s1. The van der Waals surface area contributed by atoms with Gasteiger partial charge in [-0.05, 0) is 65.4 Å². The second kappa shape index (κ2) is 9.56. The number of carbonyl (C=O) groups excluding carboxylic acids is 2. The first-order valence-corrected chi connectivity index (χ1v) is 13.4. The summed E-state index contributed by atoms with van der Waals surface area (Å²) in [5.74, 6) is -0.366. The highest BCUT2D eigenvalue weighted by molar-refractivity contribution is 9.10. The van der Waals surface area contributed by atoms with E-state index in [1.54, 1.807) is 17.0 Å². The van der Waals surface area contributed by atoms with Crippen molar-refractivity contribution in [1.82, 2.24) is 9.62 Å². The van der Waals surface area contributed by atoms with Gasteiger partial charge in [-0.2, -0.15) is 4.31 Å². The van der Waals surface area contributed by atoms with Gasteiger partial charge in [0.1, 0.15) is 0 Å². The molecule has 2 heterocycles. The Morgan fingerprint density at radius 2 is 1.76 bits per heavy atom. The molecule has 0 radical (unpaired) electrons. The minimum Gasteiger partial charge on any atom is -0.349 e. The van der Waals surface area contributed by atoms with E-state index in [0.717, 1.165) is 11.1 Å². The van der Waals surface area contributed by atoms with E-state index in [0.29, 0.717) is 36.0 Å². The van der Waals surface area contributed by atoms with Crippen LogP contribution >= 0.6 is 15.9 Å². The summed E-state index contributed by atoms with van der Waals surface area (Å²) in [6.07, 6.45) is 1.64. The van der Waals surface area contributed by atoms with Crippen molar-refractivity contribution in [3.8, 4) is 0 Å². The first-order valence-electron chi connectivity index (χ1n) is 11.1. The van der Waals surface area contributed by atoms with Gasteiger partial charge in [0.25, 0.3) is 0 Å². The maximum Gasteiger partial charge on any atom is 0.244 e. The number of amides is 2. The van der Waals surface area contributed by atoms with Crippen LogP contribution in [0.1, 0.15) is 43.9 Å². The third-order valence-electron chi connectivity index (χ3n) is 6.51. The lowest BCUT2D eigenvalue weighted by Crippen LogP contribution is -2.43. The van der Waals surface area contributed by atoms with Crippen molar-refractivity contribution in [2.45, 2.75) is 44.0 Å². The SMILES string of the molecule is CC(=O)N1CCc2cc(Br)c(S(=O)(=O)N3CCC(C(=O)N[C@@H](C)c4ccccc4)CC3)cc21. The molecule has 176 valence electrons. The lowest BCUT2D eigenvalue weighted by atomic mass is 9.96. The van der Waals surface area contributed by atoms with Crippen LogP contribution < -0.4 is 10.2 Å². The predicted molar refractivity (Wildman–Crippen MR) is 130 cm³/mol. The fraction of sp³-hybridized carbons (Fsp3) is 0.417. The second-order valence-electron chi connectivity index (χ2n) is 8.65. The molecular weight excluding hydrogens is 506 g/mol. The molecule has 2 aromatic rings. The largest absolute Gasteiger partial charge is 0.349 e. The maximum absolute atomic E-state index is 13.4. The highest BCUT2D eigenvalue weighted by Crippen LogP contribution is 2.37. The van der Waals surface area contributed by atoms with E-state index in [1.807, 2.05) is 37.3 Å². The number of halogens is 1. The monoisotopic (exact) mass is 533 g/mol. The average Bonchev–Trinajstić information content (AvgIpc) is 3.22. The molecular formula is C24H28BrN3O4S. The molecule has 1 N–H and O–H groups in total. The number of benzene rings is 2. The van der Waals surface area contributed by atoms with Crippen molar-refractivity contribution < 1.29 is 18.0 Å². The predicted octanol–water partition coefficient (Wildman–Crippen LogP) is 3.64. The molecule has 0 spiro atoms. The Balaban J connectivity index is 1.44. The van der Waals surface area contributed by atoms with Crippen molar-refractivity contribution >= 4 is 43.5 Å². The zero-order valence-corrected chi connectivity index (χ0v) is 21.2. The molecule has 0 saturated carbocycles. The van der Waals surface area contributed by atoms with Crippen molar-refractivity contribution in [3.63, 3.8) is 0 Å². The quantitative estimate of drug-likeness (QED) is 0.635.